The van der Waals surface area contributed by atoms with Crippen LogP contribution >= 0.6 is 15.9 Å². The third-order valence-electron chi connectivity index (χ3n) is 2.93. The van der Waals surface area contributed by atoms with E-state index in [0.717, 1.165) is 22.0 Å². The predicted octanol–water partition coefficient (Wildman–Crippen LogP) is 3.63. The molecule has 2 N–H and O–H groups in total. The van der Waals surface area contributed by atoms with Gasteiger partial charge in [0, 0.05) is 17.6 Å². The maximum Gasteiger partial charge on any atom is 0.315 e. The standard InChI is InChI=1S/C16H16BrFN2O/c17-14-5-1-3-12(9-14)7-8-19-16(21)20-11-13-4-2-6-15(18)10-13/h1-6,9-10H,7-8,11H2,(H2,19,20,21). The minimum atomic E-state index is -0.302. The van der Waals surface area contributed by atoms with Crippen LogP contribution in [0.2, 0.25) is 0 Å². The fraction of sp³-hybridized carbons (Fsp3) is 0.188. The summed E-state index contributed by atoms with van der Waals surface area (Å²) < 4.78 is 14.0. The van der Waals surface area contributed by atoms with Crippen molar-refractivity contribution in [2.24, 2.45) is 0 Å². The van der Waals surface area contributed by atoms with Crippen molar-refractivity contribution in [3.63, 3.8) is 0 Å². The highest BCUT2D eigenvalue weighted by Crippen LogP contribution is 2.11. The van der Waals surface area contributed by atoms with E-state index in [1.54, 1.807) is 12.1 Å². The Morgan fingerprint density at radius 2 is 1.81 bits per heavy atom. The van der Waals surface area contributed by atoms with Crippen molar-refractivity contribution in [2.45, 2.75) is 13.0 Å². The number of urea groups is 1. The smallest absolute Gasteiger partial charge is 0.315 e. The molecule has 0 saturated carbocycles. The predicted molar refractivity (Wildman–Crippen MR) is 84.5 cm³/mol. The fourth-order valence-electron chi connectivity index (χ4n) is 1.90. The van der Waals surface area contributed by atoms with Crippen LogP contribution in [-0.4, -0.2) is 12.6 Å². The number of carbonyl (C=O) groups is 1. The lowest BCUT2D eigenvalue weighted by Crippen LogP contribution is -2.36. The minimum Gasteiger partial charge on any atom is -0.338 e. The van der Waals surface area contributed by atoms with Gasteiger partial charge in [-0.25, -0.2) is 9.18 Å². The molecule has 2 rings (SSSR count). The Labute approximate surface area is 131 Å². The molecule has 0 aliphatic carbocycles. The summed E-state index contributed by atoms with van der Waals surface area (Å²) in [5.41, 5.74) is 1.88. The molecule has 3 nitrogen and oxygen atoms in total. The van der Waals surface area contributed by atoms with Gasteiger partial charge in [-0.1, -0.05) is 40.2 Å². The molecule has 21 heavy (non-hydrogen) atoms. The van der Waals surface area contributed by atoms with E-state index in [1.165, 1.54) is 12.1 Å². The zero-order valence-corrected chi connectivity index (χ0v) is 13.0. The molecule has 2 amide bonds. The molecule has 2 aromatic rings. The first-order chi connectivity index (χ1) is 10.1. The average Bonchev–Trinajstić information content (AvgIpc) is 2.45. The van der Waals surface area contributed by atoms with Crippen LogP contribution in [0.4, 0.5) is 9.18 Å². The Bertz CT molecular complexity index is 619. The summed E-state index contributed by atoms with van der Waals surface area (Å²) in [5.74, 6) is -0.302. The van der Waals surface area contributed by atoms with Crippen LogP contribution < -0.4 is 10.6 Å². The monoisotopic (exact) mass is 350 g/mol. The molecule has 5 heteroatoms. The van der Waals surface area contributed by atoms with Gasteiger partial charge in [0.1, 0.15) is 5.82 Å². The van der Waals surface area contributed by atoms with E-state index >= 15 is 0 Å². The lowest BCUT2D eigenvalue weighted by atomic mass is 10.1. The second-order valence-corrected chi connectivity index (χ2v) is 5.53. The first kappa shape index (κ1) is 15.5. The molecule has 0 aromatic heterocycles. The van der Waals surface area contributed by atoms with Gasteiger partial charge in [0.25, 0.3) is 0 Å². The number of benzene rings is 2. The molecule has 0 fully saturated rings. The largest absolute Gasteiger partial charge is 0.338 e. The highest BCUT2D eigenvalue weighted by atomic mass is 79.9. The van der Waals surface area contributed by atoms with Crippen molar-refractivity contribution in [3.8, 4) is 0 Å². The van der Waals surface area contributed by atoms with E-state index in [4.69, 9.17) is 0 Å². The Morgan fingerprint density at radius 3 is 2.57 bits per heavy atom. The molecule has 0 radical (unpaired) electrons. The Balaban J connectivity index is 1.70. The van der Waals surface area contributed by atoms with Gasteiger partial charge < -0.3 is 10.6 Å². The summed E-state index contributed by atoms with van der Waals surface area (Å²) in [6.45, 7) is 0.853. The summed E-state index contributed by atoms with van der Waals surface area (Å²) in [6.07, 6.45) is 0.757. The van der Waals surface area contributed by atoms with E-state index in [-0.39, 0.29) is 11.8 Å². The second-order valence-electron chi connectivity index (χ2n) is 4.62. The summed E-state index contributed by atoms with van der Waals surface area (Å²) in [6, 6.07) is 13.9. The molecule has 0 spiro atoms. The van der Waals surface area contributed by atoms with Crippen LogP contribution in [0.3, 0.4) is 0 Å². The van der Waals surface area contributed by atoms with Crippen LogP contribution in [0.5, 0.6) is 0 Å². The molecule has 0 saturated heterocycles. The van der Waals surface area contributed by atoms with Crippen molar-refractivity contribution in [1.29, 1.82) is 0 Å². The molecule has 0 aliphatic rings. The van der Waals surface area contributed by atoms with Gasteiger partial charge in [-0.15, -0.1) is 0 Å². The van der Waals surface area contributed by atoms with Gasteiger partial charge in [0.2, 0.25) is 0 Å². The molecule has 0 bridgehead atoms. The van der Waals surface area contributed by atoms with E-state index < -0.39 is 0 Å². The zero-order valence-electron chi connectivity index (χ0n) is 11.4. The SMILES string of the molecule is O=C(NCCc1cccc(Br)c1)NCc1cccc(F)c1. The molecule has 2 aromatic carbocycles. The van der Waals surface area contributed by atoms with Crippen molar-refractivity contribution in [3.05, 3.63) is 69.9 Å². The van der Waals surface area contributed by atoms with Crippen molar-refractivity contribution >= 4 is 22.0 Å². The zero-order chi connectivity index (χ0) is 15.1. The maximum atomic E-state index is 13.0. The number of nitrogens with one attached hydrogen (secondary N) is 2. The lowest BCUT2D eigenvalue weighted by Gasteiger charge is -2.08. The molecule has 0 heterocycles. The van der Waals surface area contributed by atoms with Crippen molar-refractivity contribution in [1.82, 2.24) is 10.6 Å². The third-order valence-corrected chi connectivity index (χ3v) is 3.42. The van der Waals surface area contributed by atoms with Gasteiger partial charge in [0.15, 0.2) is 0 Å². The third kappa shape index (κ3) is 5.55. The van der Waals surface area contributed by atoms with Crippen LogP contribution in [-0.2, 0) is 13.0 Å². The molecule has 110 valence electrons. The minimum absolute atomic E-state index is 0.255. The summed E-state index contributed by atoms with van der Waals surface area (Å²) in [5, 5.41) is 5.47. The lowest BCUT2D eigenvalue weighted by molar-refractivity contribution is 0.240. The van der Waals surface area contributed by atoms with Crippen LogP contribution in [0.25, 0.3) is 0 Å². The number of carbonyl (C=O) groups excluding carboxylic acids is 1. The Kier molecular flexibility index (Phi) is 5.75. The van der Waals surface area contributed by atoms with E-state index in [0.29, 0.717) is 13.1 Å². The van der Waals surface area contributed by atoms with Crippen LogP contribution in [0.15, 0.2) is 53.0 Å². The van der Waals surface area contributed by atoms with Crippen LogP contribution in [0, 0.1) is 5.82 Å². The van der Waals surface area contributed by atoms with E-state index in [1.807, 2.05) is 24.3 Å². The molecule has 0 unspecified atom stereocenters. The fourth-order valence-corrected chi connectivity index (χ4v) is 2.35. The van der Waals surface area contributed by atoms with E-state index in [2.05, 4.69) is 26.6 Å². The molecular formula is C16H16BrFN2O. The molecule has 0 atom stereocenters. The quantitative estimate of drug-likeness (QED) is 0.849. The number of hydrogen-bond acceptors (Lipinski definition) is 1. The molecular weight excluding hydrogens is 335 g/mol. The van der Waals surface area contributed by atoms with Crippen molar-refractivity contribution < 1.29 is 9.18 Å². The van der Waals surface area contributed by atoms with Crippen molar-refractivity contribution in [2.75, 3.05) is 6.54 Å². The summed E-state index contributed by atoms with van der Waals surface area (Å²) in [4.78, 5) is 11.6. The normalized spacial score (nSPS) is 10.2. The van der Waals surface area contributed by atoms with Gasteiger partial charge in [0.05, 0.1) is 0 Å². The number of amides is 2. The summed E-state index contributed by atoms with van der Waals surface area (Å²) in [7, 11) is 0. The van der Waals surface area contributed by atoms with Crippen LogP contribution in [0.1, 0.15) is 11.1 Å². The van der Waals surface area contributed by atoms with Gasteiger partial charge in [-0.2, -0.15) is 0 Å². The van der Waals surface area contributed by atoms with Gasteiger partial charge >= 0.3 is 6.03 Å². The first-order valence-corrected chi connectivity index (χ1v) is 7.43. The molecule has 0 aliphatic heterocycles. The second kappa shape index (κ2) is 7.78. The topological polar surface area (TPSA) is 41.1 Å². The maximum absolute atomic E-state index is 13.0. The van der Waals surface area contributed by atoms with Gasteiger partial charge in [-0.3, -0.25) is 0 Å². The Morgan fingerprint density at radius 1 is 1.05 bits per heavy atom. The van der Waals surface area contributed by atoms with Gasteiger partial charge in [-0.05, 0) is 41.8 Å². The first-order valence-electron chi connectivity index (χ1n) is 6.64. The summed E-state index contributed by atoms with van der Waals surface area (Å²) >= 11 is 3.41. The number of hydrogen-bond donors (Lipinski definition) is 2. The average molecular weight is 351 g/mol. The number of halogens is 2. The number of rotatable bonds is 5. The Hall–Kier alpha value is -1.88. The highest BCUT2D eigenvalue weighted by Gasteiger charge is 2.01. The highest BCUT2D eigenvalue weighted by molar-refractivity contribution is 9.10. The van der Waals surface area contributed by atoms with E-state index in [9.17, 15) is 9.18 Å².